The predicted molar refractivity (Wildman–Crippen MR) is 94.2 cm³/mol. The van der Waals surface area contributed by atoms with Crippen LogP contribution in [-0.4, -0.2) is 27.9 Å². The van der Waals surface area contributed by atoms with E-state index < -0.39 is 6.10 Å². The standard InChI is InChI=1S/C20H21NO4/c1-14-19(21-20(25-14)16-5-3-2-4-6-16)13-24-18-9-7-15(8-10-18)11-17(23)12-22/h2-10,17,22-23H,11-13H2,1H3/t17-/m0/s1. The van der Waals surface area contributed by atoms with Crippen molar-refractivity contribution in [2.24, 2.45) is 0 Å². The Hall–Kier alpha value is -2.63. The van der Waals surface area contributed by atoms with Crippen molar-refractivity contribution in [1.29, 1.82) is 0 Å². The number of aryl methyl sites for hydroxylation is 1. The van der Waals surface area contributed by atoms with E-state index in [1.165, 1.54) is 0 Å². The lowest BCUT2D eigenvalue weighted by Gasteiger charge is -2.08. The molecule has 5 nitrogen and oxygen atoms in total. The molecule has 0 aliphatic rings. The monoisotopic (exact) mass is 339 g/mol. The summed E-state index contributed by atoms with van der Waals surface area (Å²) in [7, 11) is 0. The van der Waals surface area contributed by atoms with Crippen LogP contribution in [0.5, 0.6) is 5.75 Å². The number of hydrogen-bond donors (Lipinski definition) is 2. The summed E-state index contributed by atoms with van der Waals surface area (Å²) in [6.45, 7) is 1.95. The van der Waals surface area contributed by atoms with Crippen LogP contribution in [-0.2, 0) is 13.0 Å². The smallest absolute Gasteiger partial charge is 0.226 e. The summed E-state index contributed by atoms with van der Waals surface area (Å²) in [4.78, 5) is 4.51. The quantitative estimate of drug-likeness (QED) is 0.692. The number of benzene rings is 2. The molecule has 130 valence electrons. The van der Waals surface area contributed by atoms with Crippen molar-refractivity contribution in [2.45, 2.75) is 26.1 Å². The third kappa shape index (κ3) is 4.47. The van der Waals surface area contributed by atoms with Gasteiger partial charge in [-0.2, -0.15) is 0 Å². The summed E-state index contributed by atoms with van der Waals surface area (Å²) in [5.41, 5.74) is 2.64. The zero-order chi connectivity index (χ0) is 17.6. The second-order valence-corrected chi connectivity index (χ2v) is 5.86. The Bertz CT molecular complexity index is 796. The van der Waals surface area contributed by atoms with Crippen LogP contribution < -0.4 is 4.74 Å². The first-order valence-corrected chi connectivity index (χ1v) is 8.18. The molecule has 3 aromatic rings. The fraction of sp³-hybridized carbons (Fsp3) is 0.250. The van der Waals surface area contributed by atoms with E-state index in [9.17, 15) is 5.11 Å². The molecule has 0 radical (unpaired) electrons. The second kappa shape index (κ2) is 7.96. The maximum atomic E-state index is 9.46. The van der Waals surface area contributed by atoms with E-state index in [1.54, 1.807) is 0 Å². The average Bonchev–Trinajstić information content (AvgIpc) is 3.02. The van der Waals surface area contributed by atoms with Crippen LogP contribution in [0.1, 0.15) is 17.0 Å². The van der Waals surface area contributed by atoms with E-state index in [-0.39, 0.29) is 6.61 Å². The Balaban J connectivity index is 1.63. The van der Waals surface area contributed by atoms with Gasteiger partial charge in [0.25, 0.3) is 0 Å². The van der Waals surface area contributed by atoms with Gasteiger partial charge < -0.3 is 19.4 Å². The van der Waals surface area contributed by atoms with E-state index in [0.717, 1.165) is 22.6 Å². The van der Waals surface area contributed by atoms with Crippen LogP contribution in [0.25, 0.3) is 11.5 Å². The molecule has 0 spiro atoms. The molecule has 0 saturated heterocycles. The molecule has 5 heteroatoms. The summed E-state index contributed by atoms with van der Waals surface area (Å²) in [5.74, 6) is 2.04. The molecule has 0 fully saturated rings. The average molecular weight is 339 g/mol. The second-order valence-electron chi connectivity index (χ2n) is 5.86. The number of aliphatic hydroxyl groups is 2. The third-order valence-corrected chi connectivity index (χ3v) is 3.89. The third-order valence-electron chi connectivity index (χ3n) is 3.89. The normalized spacial score (nSPS) is 12.1. The zero-order valence-electron chi connectivity index (χ0n) is 14.1. The van der Waals surface area contributed by atoms with E-state index in [0.29, 0.717) is 24.7 Å². The lowest BCUT2D eigenvalue weighted by atomic mass is 10.1. The SMILES string of the molecule is Cc1oc(-c2ccccc2)nc1COc1ccc(C[C@H](O)CO)cc1. The van der Waals surface area contributed by atoms with Gasteiger partial charge in [0.1, 0.15) is 23.8 Å². The molecule has 3 rings (SSSR count). The molecule has 0 saturated carbocycles. The molecular weight excluding hydrogens is 318 g/mol. The van der Waals surface area contributed by atoms with Crippen molar-refractivity contribution in [3.63, 3.8) is 0 Å². The van der Waals surface area contributed by atoms with Gasteiger partial charge in [-0.15, -0.1) is 0 Å². The molecule has 1 aromatic heterocycles. The lowest BCUT2D eigenvalue weighted by Crippen LogP contribution is -2.14. The number of hydrogen-bond acceptors (Lipinski definition) is 5. The van der Waals surface area contributed by atoms with Crippen LogP contribution in [0.4, 0.5) is 0 Å². The minimum absolute atomic E-state index is 0.243. The molecule has 1 atom stereocenters. The molecule has 1 heterocycles. The van der Waals surface area contributed by atoms with Crippen molar-refractivity contribution in [3.8, 4) is 17.2 Å². The molecular formula is C20H21NO4. The highest BCUT2D eigenvalue weighted by Crippen LogP contribution is 2.22. The Morgan fingerprint density at radius 1 is 1.08 bits per heavy atom. The van der Waals surface area contributed by atoms with Crippen LogP contribution in [0.2, 0.25) is 0 Å². The van der Waals surface area contributed by atoms with Gasteiger partial charge in [0.15, 0.2) is 0 Å². The van der Waals surface area contributed by atoms with Gasteiger partial charge in [-0.25, -0.2) is 4.98 Å². The van der Waals surface area contributed by atoms with Crippen molar-refractivity contribution in [1.82, 2.24) is 4.98 Å². The largest absolute Gasteiger partial charge is 0.487 e. The number of rotatable bonds is 7. The fourth-order valence-corrected chi connectivity index (χ4v) is 2.48. The number of aromatic nitrogens is 1. The van der Waals surface area contributed by atoms with Gasteiger partial charge in [0, 0.05) is 12.0 Å². The van der Waals surface area contributed by atoms with Gasteiger partial charge in [-0.05, 0) is 36.8 Å². The van der Waals surface area contributed by atoms with Crippen molar-refractivity contribution in [3.05, 3.63) is 71.6 Å². The Morgan fingerprint density at radius 2 is 1.80 bits per heavy atom. The highest BCUT2D eigenvalue weighted by atomic mass is 16.5. The molecule has 2 N–H and O–H groups in total. The van der Waals surface area contributed by atoms with Crippen LogP contribution >= 0.6 is 0 Å². The van der Waals surface area contributed by atoms with Gasteiger partial charge >= 0.3 is 0 Å². The Kier molecular flexibility index (Phi) is 5.48. The van der Waals surface area contributed by atoms with Crippen LogP contribution in [0.3, 0.4) is 0 Å². The number of oxazole rings is 1. The van der Waals surface area contributed by atoms with Gasteiger partial charge in [-0.3, -0.25) is 0 Å². The lowest BCUT2D eigenvalue weighted by molar-refractivity contribution is 0.0955. The number of ether oxygens (including phenoxy) is 1. The molecule has 0 amide bonds. The summed E-state index contributed by atoms with van der Waals surface area (Å²) in [6, 6.07) is 17.2. The minimum Gasteiger partial charge on any atom is -0.487 e. The first kappa shape index (κ1) is 17.2. The van der Waals surface area contributed by atoms with Crippen LogP contribution in [0.15, 0.2) is 59.0 Å². The summed E-state index contributed by atoms with van der Waals surface area (Å²) >= 11 is 0. The molecule has 25 heavy (non-hydrogen) atoms. The summed E-state index contributed by atoms with van der Waals surface area (Å²) in [5, 5.41) is 18.3. The van der Waals surface area contributed by atoms with Gasteiger partial charge in [0.05, 0.1) is 12.7 Å². The van der Waals surface area contributed by atoms with Gasteiger partial charge in [-0.1, -0.05) is 30.3 Å². The first-order valence-electron chi connectivity index (χ1n) is 8.18. The van der Waals surface area contributed by atoms with E-state index in [4.69, 9.17) is 14.3 Å². The van der Waals surface area contributed by atoms with Crippen molar-refractivity contribution < 1.29 is 19.4 Å². The minimum atomic E-state index is -0.735. The van der Waals surface area contributed by atoms with Crippen molar-refractivity contribution in [2.75, 3.05) is 6.61 Å². The predicted octanol–water partition coefficient (Wildman–Crippen LogP) is 3.12. The number of aliphatic hydroxyl groups excluding tert-OH is 2. The van der Waals surface area contributed by atoms with E-state index in [2.05, 4.69) is 4.98 Å². The topological polar surface area (TPSA) is 75.7 Å². The van der Waals surface area contributed by atoms with Crippen LogP contribution in [0, 0.1) is 6.92 Å². The number of nitrogens with zero attached hydrogens (tertiary/aromatic N) is 1. The molecule has 0 bridgehead atoms. The Morgan fingerprint density at radius 3 is 2.48 bits per heavy atom. The van der Waals surface area contributed by atoms with Crippen molar-refractivity contribution >= 4 is 0 Å². The molecule has 0 aliphatic heterocycles. The molecule has 0 unspecified atom stereocenters. The maximum absolute atomic E-state index is 9.46. The fourth-order valence-electron chi connectivity index (χ4n) is 2.48. The highest BCUT2D eigenvalue weighted by molar-refractivity contribution is 5.53. The maximum Gasteiger partial charge on any atom is 0.226 e. The highest BCUT2D eigenvalue weighted by Gasteiger charge is 2.12. The zero-order valence-corrected chi connectivity index (χ0v) is 14.1. The summed E-state index contributed by atoms with van der Waals surface area (Å²) in [6.07, 6.45) is -0.319. The first-order chi connectivity index (χ1) is 12.2. The Labute approximate surface area is 146 Å². The van der Waals surface area contributed by atoms with E-state index >= 15 is 0 Å². The van der Waals surface area contributed by atoms with Gasteiger partial charge in [0.2, 0.25) is 5.89 Å². The molecule has 0 aliphatic carbocycles. The molecule has 2 aromatic carbocycles. The summed E-state index contributed by atoms with van der Waals surface area (Å²) < 4.78 is 11.5. The van der Waals surface area contributed by atoms with E-state index in [1.807, 2.05) is 61.5 Å².